The lowest BCUT2D eigenvalue weighted by atomic mass is 9.86. The molecule has 15 heavy (non-hydrogen) atoms. The van der Waals surface area contributed by atoms with Crippen molar-refractivity contribution in [1.82, 2.24) is 0 Å². The maximum atomic E-state index is 9.26. The second-order valence-electron chi connectivity index (χ2n) is 4.56. The third kappa shape index (κ3) is 2.73. The molecule has 0 aliphatic heterocycles. The van der Waals surface area contributed by atoms with Crippen molar-refractivity contribution in [2.24, 2.45) is 0 Å². The lowest BCUT2D eigenvalue weighted by molar-refractivity contribution is 0.273. The summed E-state index contributed by atoms with van der Waals surface area (Å²) in [5.74, 6) is 0.713. The predicted molar refractivity (Wildman–Crippen MR) is 65.3 cm³/mol. The maximum absolute atomic E-state index is 9.26. The minimum Gasteiger partial charge on any atom is -0.495 e. The van der Waals surface area contributed by atoms with Gasteiger partial charge in [-0.05, 0) is 39.0 Å². The zero-order chi connectivity index (χ0) is 11.6. The fraction of sp³-hybridized carbons (Fsp3) is 0.500. The van der Waals surface area contributed by atoms with E-state index in [4.69, 9.17) is 4.74 Å². The molecule has 0 atom stereocenters. The molecule has 0 saturated heterocycles. The molecule has 3 heteroatoms. The van der Waals surface area contributed by atoms with Crippen LogP contribution in [-0.4, -0.2) is 12.2 Å². The number of halogens is 1. The van der Waals surface area contributed by atoms with Crippen LogP contribution < -0.4 is 4.74 Å². The van der Waals surface area contributed by atoms with Crippen molar-refractivity contribution in [2.75, 3.05) is 7.11 Å². The van der Waals surface area contributed by atoms with Crippen LogP contribution in [0.1, 0.15) is 31.9 Å². The molecule has 1 aromatic rings. The van der Waals surface area contributed by atoms with Crippen molar-refractivity contribution in [3.05, 3.63) is 27.7 Å². The molecule has 0 heterocycles. The molecule has 1 N–H and O–H groups in total. The van der Waals surface area contributed by atoms with Crippen molar-refractivity contribution in [2.45, 2.75) is 32.8 Å². The smallest absolute Gasteiger partial charge is 0.138 e. The van der Waals surface area contributed by atoms with Gasteiger partial charge in [0, 0.05) is 5.56 Å². The molecule has 0 spiro atoms. The molecular weight excluding hydrogens is 256 g/mol. The number of hydrogen-bond donors (Lipinski definition) is 1. The van der Waals surface area contributed by atoms with Crippen LogP contribution in [0.4, 0.5) is 0 Å². The number of rotatable bonds is 2. The summed E-state index contributed by atoms with van der Waals surface area (Å²) in [6.45, 7) is 6.42. The van der Waals surface area contributed by atoms with E-state index in [0.717, 1.165) is 10.0 Å². The fourth-order valence-electron chi connectivity index (χ4n) is 1.43. The zero-order valence-corrected chi connectivity index (χ0v) is 11.2. The van der Waals surface area contributed by atoms with E-state index in [-0.39, 0.29) is 12.0 Å². The highest BCUT2D eigenvalue weighted by atomic mass is 79.9. The standard InChI is InChI=1S/C12H17BrO2/c1-12(2,3)9-5-8(7-14)11(15-4)10(13)6-9/h5-6,14H,7H2,1-4H3. The zero-order valence-electron chi connectivity index (χ0n) is 9.60. The van der Waals surface area contributed by atoms with Gasteiger partial charge in [0.25, 0.3) is 0 Å². The number of aliphatic hydroxyl groups excluding tert-OH is 1. The van der Waals surface area contributed by atoms with Gasteiger partial charge in [0.1, 0.15) is 5.75 Å². The van der Waals surface area contributed by atoms with Gasteiger partial charge in [-0.2, -0.15) is 0 Å². The van der Waals surface area contributed by atoms with Crippen LogP contribution in [0.15, 0.2) is 16.6 Å². The molecule has 0 radical (unpaired) electrons. The highest BCUT2D eigenvalue weighted by Gasteiger charge is 2.18. The first-order chi connectivity index (χ1) is 6.90. The number of aliphatic hydroxyl groups is 1. The van der Waals surface area contributed by atoms with Gasteiger partial charge in [0.2, 0.25) is 0 Å². The Hall–Kier alpha value is -0.540. The van der Waals surface area contributed by atoms with Gasteiger partial charge >= 0.3 is 0 Å². The highest BCUT2D eigenvalue weighted by Crippen LogP contribution is 2.34. The Morgan fingerprint density at radius 1 is 1.33 bits per heavy atom. The molecule has 0 unspecified atom stereocenters. The molecule has 0 bridgehead atoms. The van der Waals surface area contributed by atoms with Gasteiger partial charge in [-0.25, -0.2) is 0 Å². The minimum absolute atomic E-state index is 0.00824. The lowest BCUT2D eigenvalue weighted by Crippen LogP contribution is -2.12. The summed E-state index contributed by atoms with van der Waals surface area (Å²) in [4.78, 5) is 0. The first-order valence-electron chi connectivity index (χ1n) is 4.88. The van der Waals surface area contributed by atoms with E-state index in [9.17, 15) is 5.11 Å². The van der Waals surface area contributed by atoms with Gasteiger partial charge in [-0.1, -0.05) is 20.8 Å². The number of ether oxygens (including phenoxy) is 1. The molecule has 0 amide bonds. The molecule has 0 aromatic heterocycles. The number of hydrogen-bond acceptors (Lipinski definition) is 2. The second-order valence-corrected chi connectivity index (χ2v) is 5.41. The number of methoxy groups -OCH3 is 1. The van der Waals surface area contributed by atoms with Gasteiger partial charge in [0.15, 0.2) is 0 Å². The van der Waals surface area contributed by atoms with E-state index in [0.29, 0.717) is 5.75 Å². The van der Waals surface area contributed by atoms with Gasteiger partial charge in [-0.3, -0.25) is 0 Å². The van der Waals surface area contributed by atoms with Crippen LogP contribution in [0.5, 0.6) is 5.75 Å². The van der Waals surface area contributed by atoms with E-state index < -0.39 is 0 Å². The first kappa shape index (κ1) is 12.5. The quantitative estimate of drug-likeness (QED) is 0.896. The van der Waals surface area contributed by atoms with Gasteiger partial charge in [-0.15, -0.1) is 0 Å². The third-order valence-electron chi connectivity index (χ3n) is 2.36. The molecule has 0 saturated carbocycles. The first-order valence-corrected chi connectivity index (χ1v) is 5.67. The summed E-state index contributed by atoms with van der Waals surface area (Å²) in [6, 6.07) is 4.03. The Kier molecular flexibility index (Phi) is 3.79. The predicted octanol–water partition coefficient (Wildman–Crippen LogP) is 3.25. The molecule has 0 aliphatic rings. The SMILES string of the molecule is COc1c(Br)cc(C(C)(C)C)cc1CO. The Balaban J connectivity index is 3.32. The summed E-state index contributed by atoms with van der Waals surface area (Å²) >= 11 is 3.46. The molecule has 2 nitrogen and oxygen atoms in total. The van der Waals surface area contributed by atoms with E-state index in [1.165, 1.54) is 5.56 Å². The Bertz CT molecular complexity index is 353. The molecule has 1 rings (SSSR count). The third-order valence-corrected chi connectivity index (χ3v) is 2.95. The van der Waals surface area contributed by atoms with Crippen LogP contribution >= 0.6 is 15.9 Å². The van der Waals surface area contributed by atoms with Crippen molar-refractivity contribution >= 4 is 15.9 Å². The molecule has 0 aliphatic carbocycles. The van der Waals surface area contributed by atoms with Crippen LogP contribution in [0, 0.1) is 0 Å². The maximum Gasteiger partial charge on any atom is 0.138 e. The average Bonchev–Trinajstić information content (AvgIpc) is 2.15. The van der Waals surface area contributed by atoms with Crippen LogP contribution in [0.25, 0.3) is 0 Å². The van der Waals surface area contributed by atoms with E-state index in [2.05, 4.69) is 36.7 Å². The summed E-state index contributed by atoms with van der Waals surface area (Å²) in [7, 11) is 1.61. The molecule has 0 fully saturated rings. The Morgan fingerprint density at radius 3 is 2.33 bits per heavy atom. The lowest BCUT2D eigenvalue weighted by Gasteiger charge is -2.21. The second kappa shape index (κ2) is 4.54. The largest absolute Gasteiger partial charge is 0.495 e. The normalized spacial score (nSPS) is 11.6. The van der Waals surface area contributed by atoms with Crippen molar-refractivity contribution in [3.8, 4) is 5.75 Å². The monoisotopic (exact) mass is 272 g/mol. The van der Waals surface area contributed by atoms with E-state index >= 15 is 0 Å². The van der Waals surface area contributed by atoms with E-state index in [1.807, 2.05) is 12.1 Å². The van der Waals surface area contributed by atoms with Gasteiger partial charge in [0.05, 0.1) is 18.2 Å². The van der Waals surface area contributed by atoms with Crippen molar-refractivity contribution in [1.29, 1.82) is 0 Å². The summed E-state index contributed by atoms with van der Waals surface area (Å²) < 4.78 is 6.12. The Labute approximate surface area is 99.4 Å². The summed E-state index contributed by atoms with van der Waals surface area (Å²) in [5, 5.41) is 9.26. The van der Waals surface area contributed by atoms with E-state index in [1.54, 1.807) is 7.11 Å². The number of benzene rings is 1. The summed E-state index contributed by atoms with van der Waals surface area (Å²) in [5.41, 5.74) is 2.06. The van der Waals surface area contributed by atoms with Crippen molar-refractivity contribution in [3.63, 3.8) is 0 Å². The molecule has 1 aromatic carbocycles. The topological polar surface area (TPSA) is 29.5 Å². The van der Waals surface area contributed by atoms with Crippen LogP contribution in [0.3, 0.4) is 0 Å². The molecular formula is C12H17BrO2. The molecule has 84 valence electrons. The highest BCUT2D eigenvalue weighted by molar-refractivity contribution is 9.10. The van der Waals surface area contributed by atoms with Gasteiger partial charge < -0.3 is 9.84 Å². The average molecular weight is 273 g/mol. The fourth-order valence-corrected chi connectivity index (χ4v) is 2.09. The van der Waals surface area contributed by atoms with Crippen molar-refractivity contribution < 1.29 is 9.84 Å². The van der Waals surface area contributed by atoms with Crippen LogP contribution in [-0.2, 0) is 12.0 Å². The Morgan fingerprint density at radius 2 is 1.93 bits per heavy atom. The summed E-state index contributed by atoms with van der Waals surface area (Å²) in [6.07, 6.45) is 0. The van der Waals surface area contributed by atoms with Crippen LogP contribution in [0.2, 0.25) is 0 Å². The minimum atomic E-state index is -0.00824.